The Balaban J connectivity index is 2.77. The lowest BCUT2D eigenvalue weighted by Crippen LogP contribution is -1.90. The molecule has 0 amide bonds. The van der Waals surface area contributed by atoms with E-state index in [1.165, 1.54) is 0 Å². The van der Waals surface area contributed by atoms with E-state index in [0.717, 1.165) is 17.6 Å². The number of aromatic nitrogens is 2. The lowest BCUT2D eigenvalue weighted by molar-refractivity contribution is 0.787. The van der Waals surface area contributed by atoms with Crippen molar-refractivity contribution in [2.24, 2.45) is 0 Å². The largest absolute Gasteiger partial charge is 0.331 e. The van der Waals surface area contributed by atoms with Crippen molar-refractivity contribution in [3.05, 3.63) is 28.5 Å². The highest BCUT2D eigenvalue weighted by Gasteiger charge is 2.05. The van der Waals surface area contributed by atoms with Crippen LogP contribution in [0.2, 0.25) is 10.0 Å². The number of aryl methyl sites for hydroxylation is 1. The lowest BCUT2D eigenvalue weighted by atomic mass is 10.3. The highest BCUT2D eigenvalue weighted by molar-refractivity contribution is 6.42. The maximum Gasteiger partial charge on any atom is 0.0958 e. The Morgan fingerprint density at radius 2 is 2.00 bits per heavy atom. The quantitative estimate of drug-likeness (QED) is 0.713. The van der Waals surface area contributed by atoms with Crippen LogP contribution >= 0.6 is 23.2 Å². The summed E-state index contributed by atoms with van der Waals surface area (Å²) in [6.07, 6.45) is 1.79. The maximum atomic E-state index is 5.90. The fraction of sp³-hybridized carbons (Fsp3) is 0.222. The third-order valence-electron chi connectivity index (χ3n) is 2.00. The zero-order valence-electron chi connectivity index (χ0n) is 7.09. The molecule has 2 nitrogen and oxygen atoms in total. The van der Waals surface area contributed by atoms with Crippen LogP contribution in [0.4, 0.5) is 0 Å². The van der Waals surface area contributed by atoms with Gasteiger partial charge < -0.3 is 4.57 Å². The van der Waals surface area contributed by atoms with Gasteiger partial charge in [-0.15, -0.1) is 0 Å². The number of nitrogens with zero attached hydrogens (tertiary/aromatic N) is 2. The molecule has 2 rings (SSSR count). The minimum atomic E-state index is 0.551. The molecule has 1 aromatic carbocycles. The number of halogens is 2. The number of rotatable bonds is 1. The third-order valence-corrected chi connectivity index (χ3v) is 2.73. The van der Waals surface area contributed by atoms with Crippen molar-refractivity contribution in [2.75, 3.05) is 0 Å². The van der Waals surface area contributed by atoms with Crippen LogP contribution in [0.15, 0.2) is 18.5 Å². The Morgan fingerprint density at radius 3 is 2.69 bits per heavy atom. The first-order valence-electron chi connectivity index (χ1n) is 4.02. The molecule has 1 heterocycles. The number of hydrogen-bond donors (Lipinski definition) is 0. The average molecular weight is 215 g/mol. The van der Waals surface area contributed by atoms with E-state index in [2.05, 4.69) is 11.9 Å². The summed E-state index contributed by atoms with van der Waals surface area (Å²) in [5.41, 5.74) is 1.91. The Bertz CT molecular complexity index is 448. The van der Waals surface area contributed by atoms with Crippen molar-refractivity contribution in [1.29, 1.82) is 0 Å². The Hall–Kier alpha value is -0.730. The van der Waals surface area contributed by atoms with Crippen LogP contribution in [0.1, 0.15) is 6.92 Å². The molecule has 68 valence electrons. The van der Waals surface area contributed by atoms with Gasteiger partial charge in [0.2, 0.25) is 0 Å². The average Bonchev–Trinajstić information content (AvgIpc) is 2.48. The smallest absolute Gasteiger partial charge is 0.0958 e. The van der Waals surface area contributed by atoms with Gasteiger partial charge in [-0.1, -0.05) is 23.2 Å². The number of benzene rings is 1. The summed E-state index contributed by atoms with van der Waals surface area (Å²) in [4.78, 5) is 4.21. The van der Waals surface area contributed by atoms with E-state index in [4.69, 9.17) is 23.2 Å². The van der Waals surface area contributed by atoms with Crippen LogP contribution in [-0.4, -0.2) is 9.55 Å². The van der Waals surface area contributed by atoms with Gasteiger partial charge in [0.1, 0.15) is 0 Å². The summed E-state index contributed by atoms with van der Waals surface area (Å²) < 4.78 is 2.03. The Labute approximate surface area is 86.1 Å². The van der Waals surface area contributed by atoms with Crippen LogP contribution in [-0.2, 0) is 6.54 Å². The van der Waals surface area contributed by atoms with E-state index in [-0.39, 0.29) is 0 Å². The van der Waals surface area contributed by atoms with Crippen molar-refractivity contribution in [3.63, 3.8) is 0 Å². The standard InChI is InChI=1S/C9H8Cl2N2/c1-2-13-5-12-8-3-6(10)7(11)4-9(8)13/h3-5H,2H2,1H3. The maximum absolute atomic E-state index is 5.90. The van der Waals surface area contributed by atoms with Gasteiger partial charge in [-0.2, -0.15) is 0 Å². The molecule has 4 heteroatoms. The van der Waals surface area contributed by atoms with Crippen LogP contribution in [0, 0.1) is 0 Å². The van der Waals surface area contributed by atoms with Gasteiger partial charge in [0, 0.05) is 6.54 Å². The second-order valence-corrected chi connectivity index (χ2v) is 3.60. The van der Waals surface area contributed by atoms with E-state index in [9.17, 15) is 0 Å². The molecule has 0 saturated carbocycles. The molecule has 0 N–H and O–H groups in total. The number of fused-ring (bicyclic) bond motifs is 1. The zero-order valence-corrected chi connectivity index (χ0v) is 8.60. The van der Waals surface area contributed by atoms with Gasteiger partial charge in [-0.3, -0.25) is 0 Å². The summed E-state index contributed by atoms with van der Waals surface area (Å²) in [6, 6.07) is 3.63. The summed E-state index contributed by atoms with van der Waals surface area (Å²) in [5, 5.41) is 1.12. The highest BCUT2D eigenvalue weighted by Crippen LogP contribution is 2.26. The number of hydrogen-bond acceptors (Lipinski definition) is 1. The summed E-state index contributed by atoms with van der Waals surface area (Å²) in [5.74, 6) is 0. The monoisotopic (exact) mass is 214 g/mol. The predicted octanol–water partition coefficient (Wildman–Crippen LogP) is 3.36. The molecule has 0 aliphatic heterocycles. The fourth-order valence-corrected chi connectivity index (χ4v) is 1.62. The molecule has 0 bridgehead atoms. The second kappa shape index (κ2) is 3.20. The zero-order chi connectivity index (χ0) is 9.42. The van der Waals surface area contributed by atoms with Gasteiger partial charge in [0.25, 0.3) is 0 Å². The van der Waals surface area contributed by atoms with Crippen molar-refractivity contribution < 1.29 is 0 Å². The first kappa shape index (κ1) is 8.85. The minimum absolute atomic E-state index is 0.551. The highest BCUT2D eigenvalue weighted by atomic mass is 35.5. The van der Waals surface area contributed by atoms with E-state index >= 15 is 0 Å². The molecule has 2 aromatic rings. The van der Waals surface area contributed by atoms with Crippen LogP contribution in [0.5, 0.6) is 0 Å². The van der Waals surface area contributed by atoms with Gasteiger partial charge in [-0.05, 0) is 19.1 Å². The van der Waals surface area contributed by atoms with E-state index in [1.54, 1.807) is 12.4 Å². The van der Waals surface area contributed by atoms with Crippen LogP contribution in [0.25, 0.3) is 11.0 Å². The Morgan fingerprint density at radius 1 is 1.31 bits per heavy atom. The van der Waals surface area contributed by atoms with E-state index < -0.39 is 0 Å². The second-order valence-electron chi connectivity index (χ2n) is 2.79. The predicted molar refractivity (Wildman–Crippen MR) is 55.4 cm³/mol. The minimum Gasteiger partial charge on any atom is -0.331 e. The summed E-state index contributed by atoms with van der Waals surface area (Å²) in [6.45, 7) is 2.94. The van der Waals surface area contributed by atoms with Gasteiger partial charge in [0.15, 0.2) is 0 Å². The van der Waals surface area contributed by atoms with Crippen LogP contribution in [0.3, 0.4) is 0 Å². The SMILES string of the molecule is CCn1cnc2cc(Cl)c(Cl)cc21. The molecular weight excluding hydrogens is 207 g/mol. The molecule has 1 aromatic heterocycles. The topological polar surface area (TPSA) is 17.8 Å². The van der Waals surface area contributed by atoms with Crippen molar-refractivity contribution in [3.8, 4) is 0 Å². The number of imidazole rings is 1. The Kier molecular flexibility index (Phi) is 2.18. The van der Waals surface area contributed by atoms with E-state index in [1.807, 2.05) is 10.6 Å². The molecule has 0 atom stereocenters. The molecule has 13 heavy (non-hydrogen) atoms. The molecule has 0 fully saturated rings. The molecule has 0 spiro atoms. The molecular formula is C9H8Cl2N2. The molecule has 0 aliphatic carbocycles. The molecule has 0 aliphatic rings. The van der Waals surface area contributed by atoms with Gasteiger partial charge >= 0.3 is 0 Å². The summed E-state index contributed by atoms with van der Waals surface area (Å²) in [7, 11) is 0. The summed E-state index contributed by atoms with van der Waals surface area (Å²) >= 11 is 11.8. The van der Waals surface area contributed by atoms with E-state index in [0.29, 0.717) is 10.0 Å². The van der Waals surface area contributed by atoms with Gasteiger partial charge in [0.05, 0.1) is 27.4 Å². The van der Waals surface area contributed by atoms with Crippen molar-refractivity contribution >= 4 is 34.2 Å². The van der Waals surface area contributed by atoms with Crippen molar-refractivity contribution in [1.82, 2.24) is 9.55 Å². The molecule has 0 unspecified atom stereocenters. The third kappa shape index (κ3) is 1.40. The molecule has 0 radical (unpaired) electrons. The molecule has 0 saturated heterocycles. The first-order valence-corrected chi connectivity index (χ1v) is 4.78. The first-order chi connectivity index (χ1) is 6.22. The lowest BCUT2D eigenvalue weighted by Gasteiger charge is -1.99. The van der Waals surface area contributed by atoms with Gasteiger partial charge in [-0.25, -0.2) is 4.98 Å². The normalized spacial score (nSPS) is 11.0. The van der Waals surface area contributed by atoms with Crippen LogP contribution < -0.4 is 0 Å². The fourth-order valence-electron chi connectivity index (χ4n) is 1.31. The van der Waals surface area contributed by atoms with Crippen molar-refractivity contribution in [2.45, 2.75) is 13.5 Å².